The fourth-order valence-corrected chi connectivity index (χ4v) is 1.77. The summed E-state index contributed by atoms with van der Waals surface area (Å²) in [7, 11) is 0. The van der Waals surface area contributed by atoms with E-state index in [0.29, 0.717) is 12.4 Å². The second kappa shape index (κ2) is 5.17. The van der Waals surface area contributed by atoms with E-state index in [1.807, 2.05) is 10.9 Å². The van der Waals surface area contributed by atoms with E-state index in [-0.39, 0.29) is 10.6 Å². The molecule has 0 unspecified atom stereocenters. The Bertz CT molecular complexity index is 574. The van der Waals surface area contributed by atoms with Crippen LogP contribution in [0.25, 0.3) is 0 Å². The van der Waals surface area contributed by atoms with E-state index < -0.39 is 5.82 Å². The minimum atomic E-state index is -0.448. The highest BCUT2D eigenvalue weighted by molar-refractivity contribution is 6.32. The van der Waals surface area contributed by atoms with Crippen molar-refractivity contribution in [2.75, 3.05) is 5.32 Å². The highest BCUT2D eigenvalue weighted by atomic mass is 35.5. The SMILES string of the molecule is CC(C)(C)n1cc(CNc2ncc(F)cc2Cl)cn1. The molecule has 0 atom stereocenters. The van der Waals surface area contributed by atoms with Crippen LogP contribution in [0.5, 0.6) is 0 Å². The summed E-state index contributed by atoms with van der Waals surface area (Å²) in [6.45, 7) is 6.77. The van der Waals surface area contributed by atoms with Crippen LogP contribution >= 0.6 is 11.6 Å². The fraction of sp³-hybridized carbons (Fsp3) is 0.385. The minimum absolute atomic E-state index is 0.0516. The molecule has 0 saturated carbocycles. The Kier molecular flexibility index (Phi) is 3.75. The molecule has 0 spiro atoms. The maximum Gasteiger partial charge on any atom is 0.145 e. The number of nitrogens with one attached hydrogen (secondary N) is 1. The van der Waals surface area contributed by atoms with Gasteiger partial charge in [-0.2, -0.15) is 5.10 Å². The van der Waals surface area contributed by atoms with Crippen LogP contribution in [0.4, 0.5) is 10.2 Å². The Balaban J connectivity index is 2.04. The third kappa shape index (κ3) is 3.44. The maximum absolute atomic E-state index is 12.9. The molecule has 0 fully saturated rings. The monoisotopic (exact) mass is 282 g/mol. The molecular weight excluding hydrogens is 267 g/mol. The molecule has 0 aliphatic carbocycles. The number of anilines is 1. The van der Waals surface area contributed by atoms with Gasteiger partial charge in [0.1, 0.15) is 11.6 Å². The Hall–Kier alpha value is -1.62. The maximum atomic E-state index is 12.9. The Morgan fingerprint density at radius 3 is 2.68 bits per heavy atom. The lowest BCUT2D eigenvalue weighted by Crippen LogP contribution is -2.22. The summed E-state index contributed by atoms with van der Waals surface area (Å²) in [5.41, 5.74) is 0.960. The minimum Gasteiger partial charge on any atom is -0.365 e. The molecule has 2 aromatic rings. The van der Waals surface area contributed by atoms with Crippen LogP contribution in [0.3, 0.4) is 0 Å². The van der Waals surface area contributed by atoms with Crippen LogP contribution in [0, 0.1) is 5.82 Å². The van der Waals surface area contributed by atoms with Crippen LogP contribution in [-0.2, 0) is 12.1 Å². The second-order valence-corrected chi connectivity index (χ2v) is 5.71. The highest BCUT2D eigenvalue weighted by Crippen LogP contribution is 2.20. The summed E-state index contributed by atoms with van der Waals surface area (Å²) < 4.78 is 14.7. The van der Waals surface area contributed by atoms with Gasteiger partial charge in [0, 0.05) is 18.3 Å². The van der Waals surface area contributed by atoms with Gasteiger partial charge >= 0.3 is 0 Å². The zero-order valence-corrected chi connectivity index (χ0v) is 11.9. The number of nitrogens with zero attached hydrogens (tertiary/aromatic N) is 3. The molecule has 4 nitrogen and oxygen atoms in total. The van der Waals surface area contributed by atoms with Crippen molar-refractivity contribution in [3.05, 3.63) is 41.1 Å². The lowest BCUT2D eigenvalue weighted by molar-refractivity contribution is 0.355. The van der Waals surface area contributed by atoms with Crippen molar-refractivity contribution in [3.63, 3.8) is 0 Å². The first-order chi connectivity index (χ1) is 8.86. The Labute approximate surface area is 116 Å². The van der Waals surface area contributed by atoms with Crippen molar-refractivity contribution in [2.24, 2.45) is 0 Å². The van der Waals surface area contributed by atoms with Crippen molar-refractivity contribution >= 4 is 17.4 Å². The van der Waals surface area contributed by atoms with Gasteiger partial charge in [0.25, 0.3) is 0 Å². The first-order valence-corrected chi connectivity index (χ1v) is 6.33. The first-order valence-electron chi connectivity index (χ1n) is 5.95. The van der Waals surface area contributed by atoms with E-state index in [4.69, 9.17) is 11.6 Å². The van der Waals surface area contributed by atoms with Crippen LogP contribution < -0.4 is 5.32 Å². The first kappa shape index (κ1) is 13.8. The fourth-order valence-electron chi connectivity index (χ4n) is 1.55. The van der Waals surface area contributed by atoms with Gasteiger partial charge in [0.15, 0.2) is 0 Å². The third-order valence-electron chi connectivity index (χ3n) is 2.59. The summed E-state index contributed by atoms with van der Waals surface area (Å²) in [5, 5.41) is 7.62. The van der Waals surface area contributed by atoms with Gasteiger partial charge in [0.2, 0.25) is 0 Å². The molecule has 6 heteroatoms. The number of pyridine rings is 1. The van der Waals surface area contributed by atoms with Crippen LogP contribution in [0.2, 0.25) is 5.02 Å². The van der Waals surface area contributed by atoms with Gasteiger partial charge in [-0.25, -0.2) is 9.37 Å². The average Bonchev–Trinajstić information content (AvgIpc) is 2.76. The number of hydrogen-bond acceptors (Lipinski definition) is 3. The molecule has 0 aromatic carbocycles. The number of halogens is 2. The van der Waals surface area contributed by atoms with E-state index in [2.05, 4.69) is 36.2 Å². The van der Waals surface area contributed by atoms with Crippen molar-refractivity contribution in [2.45, 2.75) is 32.9 Å². The molecule has 2 rings (SSSR count). The lowest BCUT2D eigenvalue weighted by atomic mass is 10.1. The highest BCUT2D eigenvalue weighted by Gasteiger charge is 2.14. The van der Waals surface area contributed by atoms with Gasteiger partial charge in [-0.1, -0.05) is 11.6 Å². The second-order valence-electron chi connectivity index (χ2n) is 5.30. The van der Waals surface area contributed by atoms with Crippen molar-refractivity contribution in [1.82, 2.24) is 14.8 Å². The smallest absolute Gasteiger partial charge is 0.145 e. The van der Waals surface area contributed by atoms with E-state index in [1.54, 1.807) is 6.20 Å². The van der Waals surface area contributed by atoms with Crippen molar-refractivity contribution in [3.8, 4) is 0 Å². The number of hydrogen-bond donors (Lipinski definition) is 1. The molecule has 0 saturated heterocycles. The zero-order chi connectivity index (χ0) is 14.0. The summed E-state index contributed by atoms with van der Waals surface area (Å²) in [6.07, 6.45) is 4.88. The van der Waals surface area contributed by atoms with Gasteiger partial charge in [-0.15, -0.1) is 0 Å². The predicted octanol–water partition coefficient (Wildman–Crippen LogP) is 3.44. The summed E-state index contributed by atoms with van der Waals surface area (Å²) in [6, 6.07) is 1.23. The van der Waals surface area contributed by atoms with Crippen LogP contribution in [-0.4, -0.2) is 14.8 Å². The molecule has 19 heavy (non-hydrogen) atoms. The van der Waals surface area contributed by atoms with E-state index in [0.717, 1.165) is 11.8 Å². The van der Waals surface area contributed by atoms with Crippen LogP contribution in [0.1, 0.15) is 26.3 Å². The molecular formula is C13H16ClFN4. The standard InChI is InChI=1S/C13H16ClFN4/c1-13(2,3)19-8-9(6-18-19)5-16-12-11(14)4-10(15)7-17-12/h4,6-8H,5H2,1-3H3,(H,16,17). The average molecular weight is 283 g/mol. The zero-order valence-electron chi connectivity index (χ0n) is 11.1. The quantitative estimate of drug-likeness (QED) is 0.938. The Morgan fingerprint density at radius 2 is 2.11 bits per heavy atom. The normalized spacial score (nSPS) is 11.6. The molecule has 102 valence electrons. The Morgan fingerprint density at radius 1 is 1.37 bits per heavy atom. The predicted molar refractivity (Wildman–Crippen MR) is 73.8 cm³/mol. The van der Waals surface area contributed by atoms with E-state index >= 15 is 0 Å². The number of rotatable bonds is 3. The molecule has 1 N–H and O–H groups in total. The van der Waals surface area contributed by atoms with Gasteiger partial charge in [-0.05, 0) is 26.8 Å². The summed E-state index contributed by atoms with van der Waals surface area (Å²) >= 11 is 5.89. The molecule has 0 aliphatic rings. The molecule has 2 heterocycles. The van der Waals surface area contributed by atoms with Crippen molar-refractivity contribution in [1.29, 1.82) is 0 Å². The van der Waals surface area contributed by atoms with Gasteiger partial charge in [0.05, 0.1) is 23.0 Å². The molecule has 0 radical (unpaired) electrons. The molecule has 0 aliphatic heterocycles. The lowest BCUT2D eigenvalue weighted by Gasteiger charge is -2.18. The van der Waals surface area contributed by atoms with Crippen molar-refractivity contribution < 1.29 is 4.39 Å². The van der Waals surface area contributed by atoms with Crippen LogP contribution in [0.15, 0.2) is 24.7 Å². The molecule has 0 bridgehead atoms. The molecule has 2 aromatic heterocycles. The summed E-state index contributed by atoms with van der Waals surface area (Å²) in [4.78, 5) is 3.90. The molecule has 0 amide bonds. The van der Waals surface area contributed by atoms with E-state index in [9.17, 15) is 4.39 Å². The largest absolute Gasteiger partial charge is 0.365 e. The topological polar surface area (TPSA) is 42.7 Å². The third-order valence-corrected chi connectivity index (χ3v) is 2.88. The summed E-state index contributed by atoms with van der Waals surface area (Å²) in [5.74, 6) is 0.0164. The van der Waals surface area contributed by atoms with Gasteiger partial charge in [-0.3, -0.25) is 4.68 Å². The van der Waals surface area contributed by atoms with Gasteiger partial charge < -0.3 is 5.32 Å². The van der Waals surface area contributed by atoms with E-state index in [1.165, 1.54) is 6.07 Å². The number of aromatic nitrogens is 3.